The topological polar surface area (TPSA) is 25.2 Å². The molecule has 0 unspecified atom stereocenters. The van der Waals surface area contributed by atoms with Gasteiger partial charge in [-0.05, 0) is 61.0 Å². The summed E-state index contributed by atoms with van der Waals surface area (Å²) in [5, 5.41) is 2.84. The van der Waals surface area contributed by atoms with Crippen LogP contribution in [0.2, 0.25) is 5.02 Å². The molecule has 0 spiro atoms. The zero-order chi connectivity index (χ0) is 20.5. The van der Waals surface area contributed by atoms with Gasteiger partial charge in [0.15, 0.2) is 0 Å². The van der Waals surface area contributed by atoms with Crippen LogP contribution >= 0.6 is 23.8 Å². The van der Waals surface area contributed by atoms with Crippen molar-refractivity contribution in [3.63, 3.8) is 0 Å². The van der Waals surface area contributed by atoms with Gasteiger partial charge in [0.25, 0.3) is 0 Å². The molecule has 144 valence electrons. The van der Waals surface area contributed by atoms with Crippen LogP contribution in [0.1, 0.15) is 42.9 Å². The van der Waals surface area contributed by atoms with Crippen molar-refractivity contribution in [1.82, 2.24) is 4.98 Å². The Labute approximate surface area is 182 Å². The van der Waals surface area contributed by atoms with Crippen LogP contribution in [-0.4, -0.2) is 10.1 Å². The van der Waals surface area contributed by atoms with Crippen molar-refractivity contribution in [3.05, 3.63) is 82.5 Å². The molecule has 2 nitrogen and oxygen atoms in total. The molecule has 0 aliphatic heterocycles. The third kappa shape index (κ3) is 6.11. The van der Waals surface area contributed by atoms with E-state index in [1.54, 1.807) is 12.3 Å². The molecule has 1 heterocycles. The summed E-state index contributed by atoms with van der Waals surface area (Å²) in [6.45, 7) is 2.23. The number of thiocarbonyl (C=S) groups is 1. The first-order valence-electron chi connectivity index (χ1n) is 9.64. The van der Waals surface area contributed by atoms with Crippen LogP contribution in [0.25, 0.3) is 11.3 Å². The van der Waals surface area contributed by atoms with E-state index in [0.717, 1.165) is 23.1 Å². The smallest absolute Gasteiger partial charge is 0.0937 e. The highest BCUT2D eigenvalue weighted by molar-refractivity contribution is 7.78. The van der Waals surface area contributed by atoms with E-state index in [9.17, 15) is 0 Å². The van der Waals surface area contributed by atoms with Crippen molar-refractivity contribution in [3.8, 4) is 23.1 Å². The van der Waals surface area contributed by atoms with Crippen molar-refractivity contribution < 1.29 is 0 Å². The fourth-order valence-electron chi connectivity index (χ4n) is 2.94. The monoisotopic (exact) mass is 416 g/mol. The number of nitrogens with zero attached hydrogens (tertiary/aromatic N) is 2. The summed E-state index contributed by atoms with van der Waals surface area (Å²) in [7, 11) is 0. The Balaban J connectivity index is 1.69. The minimum Gasteiger partial charge on any atom is -0.252 e. The SMILES string of the molecule is CCCCCc1ccc(C#Cc2ccc(-c3ncc(N=C=S)cc3Cl)cc2)cc1. The first-order chi connectivity index (χ1) is 14.2. The van der Waals surface area contributed by atoms with Gasteiger partial charge in [0.1, 0.15) is 0 Å². The van der Waals surface area contributed by atoms with E-state index in [1.807, 2.05) is 24.3 Å². The van der Waals surface area contributed by atoms with Gasteiger partial charge in [-0.15, -0.1) is 0 Å². The van der Waals surface area contributed by atoms with Crippen molar-refractivity contribution in [2.45, 2.75) is 32.6 Å². The molecule has 0 saturated carbocycles. The van der Waals surface area contributed by atoms with Crippen LogP contribution in [-0.2, 0) is 6.42 Å². The number of hydrogen-bond donors (Lipinski definition) is 0. The summed E-state index contributed by atoms with van der Waals surface area (Å²) in [6, 6.07) is 18.2. The summed E-state index contributed by atoms with van der Waals surface area (Å²) >= 11 is 10.9. The molecule has 0 N–H and O–H groups in total. The van der Waals surface area contributed by atoms with Gasteiger partial charge in [0.05, 0.1) is 27.8 Å². The number of hydrogen-bond acceptors (Lipinski definition) is 3. The summed E-state index contributed by atoms with van der Waals surface area (Å²) in [5.41, 5.74) is 5.56. The number of aromatic nitrogens is 1. The lowest BCUT2D eigenvalue weighted by atomic mass is 10.0. The van der Waals surface area contributed by atoms with E-state index < -0.39 is 0 Å². The molecule has 0 fully saturated rings. The van der Waals surface area contributed by atoms with Crippen LogP contribution < -0.4 is 0 Å². The van der Waals surface area contributed by atoms with E-state index in [1.165, 1.54) is 24.8 Å². The second-order valence-corrected chi connectivity index (χ2v) is 7.30. The van der Waals surface area contributed by atoms with Crippen molar-refractivity contribution in [2.75, 3.05) is 0 Å². The molecule has 2 aromatic carbocycles. The van der Waals surface area contributed by atoms with Crippen molar-refractivity contribution >= 4 is 34.7 Å². The number of aliphatic imine (C=N–C) groups is 1. The fraction of sp³-hybridized carbons (Fsp3) is 0.200. The maximum atomic E-state index is 6.32. The second-order valence-electron chi connectivity index (χ2n) is 6.71. The van der Waals surface area contributed by atoms with Gasteiger partial charge in [-0.2, -0.15) is 4.99 Å². The van der Waals surface area contributed by atoms with Gasteiger partial charge in [-0.25, -0.2) is 0 Å². The zero-order valence-electron chi connectivity index (χ0n) is 16.3. The number of pyridine rings is 1. The normalized spacial score (nSPS) is 10.0. The summed E-state index contributed by atoms with van der Waals surface area (Å²) < 4.78 is 0. The third-order valence-corrected chi connectivity index (χ3v) is 4.91. The number of rotatable bonds is 6. The average Bonchev–Trinajstić information content (AvgIpc) is 2.74. The highest BCUT2D eigenvalue weighted by atomic mass is 35.5. The quantitative estimate of drug-likeness (QED) is 0.183. The molecular formula is C25H21ClN2S. The molecule has 29 heavy (non-hydrogen) atoms. The van der Waals surface area contributed by atoms with E-state index in [-0.39, 0.29) is 0 Å². The van der Waals surface area contributed by atoms with Gasteiger partial charge in [0, 0.05) is 16.7 Å². The third-order valence-electron chi connectivity index (χ3n) is 4.53. The Hall–Kier alpha value is -2.76. The summed E-state index contributed by atoms with van der Waals surface area (Å²) in [5.74, 6) is 6.44. The van der Waals surface area contributed by atoms with E-state index in [4.69, 9.17) is 11.6 Å². The number of benzene rings is 2. The molecule has 0 atom stereocenters. The van der Waals surface area contributed by atoms with Gasteiger partial charge in [0.2, 0.25) is 0 Å². The Morgan fingerprint density at radius 1 is 0.966 bits per heavy atom. The largest absolute Gasteiger partial charge is 0.252 e. The Bertz CT molecular complexity index is 1070. The lowest BCUT2D eigenvalue weighted by Gasteiger charge is -2.04. The van der Waals surface area contributed by atoms with Gasteiger partial charge in [-0.1, -0.05) is 67.5 Å². The van der Waals surface area contributed by atoms with Crippen LogP contribution in [0.5, 0.6) is 0 Å². The zero-order valence-corrected chi connectivity index (χ0v) is 17.9. The molecule has 0 radical (unpaired) electrons. The van der Waals surface area contributed by atoms with Crippen molar-refractivity contribution in [1.29, 1.82) is 0 Å². The Kier molecular flexibility index (Phi) is 7.73. The Morgan fingerprint density at radius 2 is 1.62 bits per heavy atom. The van der Waals surface area contributed by atoms with Gasteiger partial charge in [-0.3, -0.25) is 4.98 Å². The lowest BCUT2D eigenvalue weighted by molar-refractivity contribution is 0.717. The molecule has 0 saturated heterocycles. The summed E-state index contributed by atoms with van der Waals surface area (Å²) in [6.07, 6.45) is 6.54. The highest BCUT2D eigenvalue weighted by Gasteiger charge is 2.06. The van der Waals surface area contributed by atoms with Crippen LogP contribution in [0.15, 0.2) is 65.8 Å². The second kappa shape index (κ2) is 10.7. The maximum Gasteiger partial charge on any atom is 0.0937 e. The van der Waals surface area contributed by atoms with Gasteiger partial charge >= 0.3 is 0 Å². The predicted molar refractivity (Wildman–Crippen MR) is 125 cm³/mol. The number of halogens is 1. The molecule has 0 aliphatic rings. The highest BCUT2D eigenvalue weighted by Crippen LogP contribution is 2.28. The lowest BCUT2D eigenvalue weighted by Crippen LogP contribution is -1.86. The maximum absolute atomic E-state index is 6.32. The van der Waals surface area contributed by atoms with E-state index in [0.29, 0.717) is 16.4 Å². The first kappa shape index (κ1) is 21.0. The van der Waals surface area contributed by atoms with Gasteiger partial charge < -0.3 is 0 Å². The molecule has 0 aliphatic carbocycles. The fourth-order valence-corrected chi connectivity index (χ4v) is 3.32. The van der Waals surface area contributed by atoms with Crippen LogP contribution in [0, 0.1) is 11.8 Å². The average molecular weight is 417 g/mol. The first-order valence-corrected chi connectivity index (χ1v) is 10.4. The molecule has 1 aromatic heterocycles. The predicted octanol–water partition coefficient (Wildman–Crippen LogP) is 7.27. The van der Waals surface area contributed by atoms with E-state index in [2.05, 4.69) is 70.4 Å². The van der Waals surface area contributed by atoms with Crippen molar-refractivity contribution in [2.24, 2.45) is 4.99 Å². The van der Waals surface area contributed by atoms with E-state index >= 15 is 0 Å². The standard InChI is InChI=1S/C25H21ClN2S/c1-2-3-4-5-19-6-8-20(9-7-19)10-11-21-12-14-22(15-13-21)25-24(26)16-23(17-27-25)28-18-29/h6-9,12-17H,2-5H2,1H3. The Morgan fingerprint density at radius 3 is 2.21 bits per heavy atom. The molecule has 3 rings (SSSR count). The molecular weight excluding hydrogens is 396 g/mol. The minimum atomic E-state index is 0.523. The molecule has 0 bridgehead atoms. The molecule has 4 heteroatoms. The number of unbranched alkanes of at least 4 members (excludes halogenated alkanes) is 2. The summed E-state index contributed by atoms with van der Waals surface area (Å²) in [4.78, 5) is 8.27. The molecule has 0 amide bonds. The number of isothiocyanates is 1. The van der Waals surface area contributed by atoms with Crippen LogP contribution in [0.3, 0.4) is 0 Å². The molecule has 3 aromatic rings. The number of aryl methyl sites for hydroxylation is 1. The minimum absolute atomic E-state index is 0.523. The van der Waals surface area contributed by atoms with Crippen LogP contribution in [0.4, 0.5) is 5.69 Å².